The maximum atomic E-state index is 14.1. The van der Waals surface area contributed by atoms with E-state index in [4.69, 9.17) is 0 Å². The second kappa shape index (κ2) is 5.89. The van der Waals surface area contributed by atoms with Crippen molar-refractivity contribution >= 4 is 0 Å². The van der Waals surface area contributed by atoms with E-state index in [2.05, 4.69) is 10.4 Å². The Morgan fingerprint density at radius 1 is 1.19 bits per heavy atom. The van der Waals surface area contributed by atoms with Crippen LogP contribution < -0.4 is 5.32 Å². The first-order valence-corrected chi connectivity index (χ1v) is 6.75. The van der Waals surface area contributed by atoms with Gasteiger partial charge in [0, 0.05) is 23.9 Å². The first kappa shape index (κ1) is 15.6. The highest BCUT2D eigenvalue weighted by Gasteiger charge is 2.26. The minimum Gasteiger partial charge on any atom is -0.306 e. The lowest BCUT2D eigenvalue weighted by Gasteiger charge is -2.20. The van der Waals surface area contributed by atoms with Crippen LogP contribution in [0.1, 0.15) is 35.5 Å². The van der Waals surface area contributed by atoms with Crippen molar-refractivity contribution in [2.24, 2.45) is 7.05 Å². The molecule has 1 N–H and O–H groups in total. The number of nitrogens with one attached hydrogen (secondary N) is 1. The number of halogens is 3. The van der Waals surface area contributed by atoms with E-state index in [1.165, 1.54) is 6.07 Å². The molecule has 0 amide bonds. The van der Waals surface area contributed by atoms with Crippen LogP contribution in [0.25, 0.3) is 0 Å². The third kappa shape index (κ3) is 2.68. The molecule has 3 nitrogen and oxygen atoms in total. The first-order chi connectivity index (χ1) is 9.88. The zero-order valence-electron chi connectivity index (χ0n) is 12.5. The second-order valence-electron chi connectivity index (χ2n) is 4.96. The summed E-state index contributed by atoms with van der Waals surface area (Å²) in [6.07, 6.45) is 0. The number of aryl methyl sites for hydroxylation is 2. The lowest BCUT2D eigenvalue weighted by Crippen LogP contribution is -2.24. The van der Waals surface area contributed by atoms with Crippen LogP contribution in [0.15, 0.2) is 12.1 Å². The molecular formula is C15H18F3N3. The number of aromatic nitrogens is 2. The summed E-state index contributed by atoms with van der Waals surface area (Å²) in [7, 11) is 1.79. The molecule has 2 aromatic rings. The molecule has 0 saturated heterocycles. The second-order valence-corrected chi connectivity index (χ2v) is 4.96. The zero-order chi connectivity index (χ0) is 15.7. The quantitative estimate of drug-likeness (QED) is 0.879. The fraction of sp³-hybridized carbons (Fsp3) is 0.400. The molecule has 21 heavy (non-hydrogen) atoms. The Labute approximate surface area is 121 Å². The van der Waals surface area contributed by atoms with Crippen molar-refractivity contribution in [3.8, 4) is 0 Å². The number of hydrogen-bond donors (Lipinski definition) is 1. The molecule has 2 rings (SSSR count). The summed E-state index contributed by atoms with van der Waals surface area (Å²) in [6, 6.07) is 1.64. The molecule has 1 unspecified atom stereocenters. The predicted molar refractivity (Wildman–Crippen MR) is 74.5 cm³/mol. The van der Waals surface area contributed by atoms with E-state index in [9.17, 15) is 13.2 Å². The summed E-state index contributed by atoms with van der Waals surface area (Å²) in [6.45, 7) is 6.09. The molecule has 0 bridgehead atoms. The lowest BCUT2D eigenvalue weighted by molar-refractivity contribution is 0.433. The highest BCUT2D eigenvalue weighted by Crippen LogP contribution is 2.30. The standard InChI is InChI=1S/C15H18F3N3/c1-5-19-15(12-8(2)20-21(4)9(12)3)10-6-7-11(16)14(18)13(10)17/h6-7,15,19H,5H2,1-4H3. The Kier molecular flexibility index (Phi) is 4.37. The van der Waals surface area contributed by atoms with E-state index >= 15 is 0 Å². The van der Waals surface area contributed by atoms with Crippen LogP contribution in [-0.4, -0.2) is 16.3 Å². The molecule has 6 heteroatoms. The molecular weight excluding hydrogens is 279 g/mol. The smallest absolute Gasteiger partial charge is 0.194 e. The monoisotopic (exact) mass is 297 g/mol. The van der Waals surface area contributed by atoms with Gasteiger partial charge in [-0.1, -0.05) is 13.0 Å². The molecule has 1 atom stereocenters. The fourth-order valence-corrected chi connectivity index (χ4v) is 2.54. The van der Waals surface area contributed by atoms with Crippen LogP contribution in [0.4, 0.5) is 13.2 Å². The Hall–Kier alpha value is -1.82. The van der Waals surface area contributed by atoms with Crippen LogP contribution in [0.5, 0.6) is 0 Å². The van der Waals surface area contributed by atoms with Crippen LogP contribution in [0.2, 0.25) is 0 Å². The topological polar surface area (TPSA) is 29.9 Å². The van der Waals surface area contributed by atoms with Crippen molar-refractivity contribution in [1.82, 2.24) is 15.1 Å². The maximum absolute atomic E-state index is 14.1. The third-order valence-corrected chi connectivity index (χ3v) is 3.64. The SMILES string of the molecule is CCNC(c1ccc(F)c(F)c1F)c1c(C)nn(C)c1C. The van der Waals surface area contributed by atoms with Gasteiger partial charge in [0.1, 0.15) is 0 Å². The Bertz CT molecular complexity index is 665. The largest absolute Gasteiger partial charge is 0.306 e. The average Bonchev–Trinajstić information content (AvgIpc) is 2.68. The van der Waals surface area contributed by atoms with Gasteiger partial charge in [-0.05, 0) is 26.5 Å². The molecule has 0 radical (unpaired) electrons. The molecule has 0 spiro atoms. The minimum atomic E-state index is -1.45. The van der Waals surface area contributed by atoms with Gasteiger partial charge in [-0.3, -0.25) is 4.68 Å². The van der Waals surface area contributed by atoms with E-state index in [1.807, 2.05) is 20.8 Å². The van der Waals surface area contributed by atoms with Crippen LogP contribution >= 0.6 is 0 Å². The van der Waals surface area contributed by atoms with E-state index in [0.29, 0.717) is 6.54 Å². The molecule has 1 aromatic carbocycles. The number of benzene rings is 1. The summed E-state index contributed by atoms with van der Waals surface area (Å²) in [5, 5.41) is 7.41. The highest BCUT2D eigenvalue weighted by molar-refractivity contribution is 5.38. The summed E-state index contributed by atoms with van der Waals surface area (Å²) in [5.74, 6) is -3.80. The van der Waals surface area contributed by atoms with Gasteiger partial charge in [-0.15, -0.1) is 0 Å². The first-order valence-electron chi connectivity index (χ1n) is 6.75. The van der Waals surface area contributed by atoms with Gasteiger partial charge in [-0.2, -0.15) is 5.10 Å². The van der Waals surface area contributed by atoms with Crippen molar-refractivity contribution in [2.45, 2.75) is 26.8 Å². The Morgan fingerprint density at radius 2 is 1.86 bits per heavy atom. The van der Waals surface area contributed by atoms with Gasteiger partial charge in [0.2, 0.25) is 0 Å². The van der Waals surface area contributed by atoms with Crippen LogP contribution in [0, 0.1) is 31.3 Å². The zero-order valence-corrected chi connectivity index (χ0v) is 12.5. The fourth-order valence-electron chi connectivity index (χ4n) is 2.54. The molecule has 114 valence electrons. The van der Waals surface area contributed by atoms with Crippen LogP contribution in [0.3, 0.4) is 0 Å². The van der Waals surface area contributed by atoms with Crippen molar-refractivity contribution in [3.05, 3.63) is 52.1 Å². The Balaban J connectivity index is 2.62. The number of nitrogens with zero attached hydrogens (tertiary/aromatic N) is 2. The lowest BCUT2D eigenvalue weighted by atomic mass is 9.96. The highest BCUT2D eigenvalue weighted by atomic mass is 19.2. The van der Waals surface area contributed by atoms with Gasteiger partial charge in [-0.25, -0.2) is 13.2 Å². The van der Waals surface area contributed by atoms with Gasteiger partial charge < -0.3 is 5.32 Å². The molecule has 1 aromatic heterocycles. The minimum absolute atomic E-state index is 0.0787. The van der Waals surface area contributed by atoms with Gasteiger partial charge >= 0.3 is 0 Å². The predicted octanol–water partition coefficient (Wildman–Crippen LogP) is 3.15. The van der Waals surface area contributed by atoms with Crippen molar-refractivity contribution < 1.29 is 13.2 Å². The molecule has 0 saturated carbocycles. The number of hydrogen-bond acceptors (Lipinski definition) is 2. The van der Waals surface area contributed by atoms with E-state index < -0.39 is 23.5 Å². The van der Waals surface area contributed by atoms with E-state index in [1.54, 1.807) is 11.7 Å². The van der Waals surface area contributed by atoms with Crippen molar-refractivity contribution in [1.29, 1.82) is 0 Å². The molecule has 0 fully saturated rings. The third-order valence-electron chi connectivity index (χ3n) is 3.64. The summed E-state index contributed by atoms with van der Waals surface area (Å²) >= 11 is 0. The van der Waals surface area contributed by atoms with Crippen LogP contribution in [-0.2, 0) is 7.05 Å². The molecule has 0 aliphatic rings. The summed E-state index contributed by atoms with van der Waals surface area (Å²) in [4.78, 5) is 0. The molecule has 1 heterocycles. The van der Waals surface area contributed by atoms with Gasteiger partial charge in [0.05, 0.1) is 11.7 Å². The normalized spacial score (nSPS) is 12.7. The van der Waals surface area contributed by atoms with Crippen molar-refractivity contribution in [2.75, 3.05) is 6.54 Å². The van der Waals surface area contributed by atoms with Gasteiger partial charge in [0.25, 0.3) is 0 Å². The number of rotatable bonds is 4. The van der Waals surface area contributed by atoms with Crippen molar-refractivity contribution in [3.63, 3.8) is 0 Å². The summed E-state index contributed by atoms with van der Waals surface area (Å²) in [5.41, 5.74) is 2.44. The average molecular weight is 297 g/mol. The maximum Gasteiger partial charge on any atom is 0.194 e. The molecule has 0 aliphatic carbocycles. The molecule has 0 aliphatic heterocycles. The Morgan fingerprint density at radius 3 is 2.38 bits per heavy atom. The summed E-state index contributed by atoms with van der Waals surface area (Å²) < 4.78 is 42.4. The van der Waals surface area contributed by atoms with Gasteiger partial charge in [0.15, 0.2) is 17.5 Å². The van der Waals surface area contributed by atoms with E-state index in [-0.39, 0.29) is 5.56 Å². The van der Waals surface area contributed by atoms with E-state index in [0.717, 1.165) is 23.0 Å².